The minimum Gasteiger partial charge on any atom is -0.310 e. The summed E-state index contributed by atoms with van der Waals surface area (Å²) in [6.07, 6.45) is 5.49. The van der Waals surface area contributed by atoms with E-state index in [1.807, 2.05) is 6.92 Å². The number of hydrogen-bond acceptors (Lipinski definition) is 6. The van der Waals surface area contributed by atoms with Crippen LogP contribution in [-0.4, -0.2) is 50.1 Å². The largest absolute Gasteiger partial charge is 0.310 e. The van der Waals surface area contributed by atoms with Crippen LogP contribution in [0.2, 0.25) is 0 Å². The van der Waals surface area contributed by atoms with Crippen molar-refractivity contribution >= 4 is 11.2 Å². The molecule has 158 valence electrons. The van der Waals surface area contributed by atoms with E-state index < -0.39 is 0 Å². The summed E-state index contributed by atoms with van der Waals surface area (Å²) in [5.74, 6) is -0.257. The molecule has 7 nitrogen and oxygen atoms in total. The van der Waals surface area contributed by atoms with E-state index in [1.54, 1.807) is 42.1 Å². The number of nitrogens with zero attached hydrogens (tertiary/aromatic N) is 5. The van der Waals surface area contributed by atoms with Gasteiger partial charge >= 0.3 is 0 Å². The third-order valence-corrected chi connectivity index (χ3v) is 5.71. The molecule has 0 radical (unpaired) electrons. The van der Waals surface area contributed by atoms with Crippen molar-refractivity contribution in [1.82, 2.24) is 29.7 Å². The molecular formula is C22H27FN6O. The van der Waals surface area contributed by atoms with Crippen molar-refractivity contribution in [2.75, 3.05) is 19.6 Å². The molecule has 0 atom stereocenters. The molecule has 1 saturated heterocycles. The fourth-order valence-corrected chi connectivity index (χ4v) is 3.86. The predicted octanol–water partition coefficient (Wildman–Crippen LogP) is 2.20. The lowest BCUT2D eigenvalue weighted by molar-refractivity contribution is 0.191. The van der Waals surface area contributed by atoms with Gasteiger partial charge in [-0.2, -0.15) is 0 Å². The maximum absolute atomic E-state index is 13.6. The van der Waals surface area contributed by atoms with Gasteiger partial charge < -0.3 is 10.2 Å². The lowest BCUT2D eigenvalue weighted by atomic mass is 10.0. The number of piperidine rings is 1. The molecule has 0 unspecified atom stereocenters. The van der Waals surface area contributed by atoms with Crippen molar-refractivity contribution in [1.29, 1.82) is 0 Å². The Labute approximate surface area is 175 Å². The van der Waals surface area contributed by atoms with Crippen LogP contribution >= 0.6 is 0 Å². The van der Waals surface area contributed by atoms with Gasteiger partial charge in [0.25, 0.3) is 5.56 Å². The number of nitrogens with one attached hydrogen (secondary N) is 1. The summed E-state index contributed by atoms with van der Waals surface area (Å²) in [7, 11) is 0. The monoisotopic (exact) mass is 410 g/mol. The van der Waals surface area contributed by atoms with Gasteiger partial charge in [-0.1, -0.05) is 0 Å². The smallest absolute Gasteiger partial charge is 0.252 e. The standard InChI is InChI=1S/C22H27FN6O/c1-15-12-26-20-3-4-21(30)29(22(20)27-15)10-9-28-7-5-18(6-8-28)25-14-17-11-19(23)16(2)24-13-17/h3-4,11-13,18,25H,5-10,14H2,1-2H3. The molecule has 0 saturated carbocycles. The highest BCUT2D eigenvalue weighted by Gasteiger charge is 2.19. The first kappa shape index (κ1) is 20.6. The highest BCUT2D eigenvalue weighted by molar-refractivity contribution is 5.69. The molecular weight excluding hydrogens is 383 g/mol. The van der Waals surface area contributed by atoms with Crippen molar-refractivity contribution in [2.24, 2.45) is 0 Å². The van der Waals surface area contributed by atoms with Crippen molar-refractivity contribution in [3.05, 3.63) is 63.7 Å². The minimum absolute atomic E-state index is 0.0436. The fraction of sp³-hybridized carbons (Fsp3) is 0.455. The first-order chi connectivity index (χ1) is 14.5. The van der Waals surface area contributed by atoms with Gasteiger partial charge in [0.1, 0.15) is 11.3 Å². The van der Waals surface area contributed by atoms with E-state index in [1.165, 1.54) is 0 Å². The molecule has 1 aliphatic heterocycles. The Morgan fingerprint density at radius 3 is 2.70 bits per heavy atom. The van der Waals surface area contributed by atoms with Gasteiger partial charge in [-0.15, -0.1) is 0 Å². The molecule has 8 heteroatoms. The third kappa shape index (κ3) is 4.71. The van der Waals surface area contributed by atoms with Crippen molar-refractivity contribution in [2.45, 2.75) is 45.8 Å². The van der Waals surface area contributed by atoms with E-state index in [-0.39, 0.29) is 11.4 Å². The van der Waals surface area contributed by atoms with Gasteiger partial charge in [0, 0.05) is 44.1 Å². The highest BCUT2D eigenvalue weighted by atomic mass is 19.1. The summed E-state index contributed by atoms with van der Waals surface area (Å²) < 4.78 is 15.4. The zero-order valence-corrected chi connectivity index (χ0v) is 17.4. The molecule has 30 heavy (non-hydrogen) atoms. The lowest BCUT2D eigenvalue weighted by Gasteiger charge is -2.32. The van der Waals surface area contributed by atoms with E-state index in [0.717, 1.165) is 49.2 Å². The van der Waals surface area contributed by atoms with E-state index in [0.29, 0.717) is 30.5 Å². The summed E-state index contributed by atoms with van der Waals surface area (Å²) in [4.78, 5) is 27.7. The zero-order valence-electron chi connectivity index (χ0n) is 17.4. The van der Waals surface area contributed by atoms with Crippen molar-refractivity contribution in [3.63, 3.8) is 0 Å². The summed E-state index contributed by atoms with van der Waals surface area (Å²) in [5.41, 5.74) is 3.45. The lowest BCUT2D eigenvalue weighted by Crippen LogP contribution is -2.43. The molecule has 1 fully saturated rings. The van der Waals surface area contributed by atoms with Gasteiger partial charge in [-0.3, -0.25) is 19.3 Å². The second-order valence-electron chi connectivity index (χ2n) is 7.95. The molecule has 1 aliphatic rings. The average Bonchev–Trinajstić information content (AvgIpc) is 2.74. The van der Waals surface area contributed by atoms with Crippen LogP contribution in [0.25, 0.3) is 11.2 Å². The van der Waals surface area contributed by atoms with Crippen LogP contribution in [0, 0.1) is 19.7 Å². The van der Waals surface area contributed by atoms with E-state index >= 15 is 0 Å². The number of likely N-dealkylation sites (tertiary alicyclic amines) is 1. The average molecular weight is 410 g/mol. The Bertz CT molecular complexity index is 1090. The molecule has 0 aromatic carbocycles. The van der Waals surface area contributed by atoms with Gasteiger partial charge in [0.2, 0.25) is 0 Å². The Hall–Kier alpha value is -2.71. The van der Waals surface area contributed by atoms with Crippen LogP contribution in [0.15, 0.2) is 35.4 Å². The first-order valence-electron chi connectivity index (χ1n) is 10.4. The maximum atomic E-state index is 13.6. The zero-order chi connectivity index (χ0) is 21.1. The predicted molar refractivity (Wildman–Crippen MR) is 114 cm³/mol. The number of aryl methyl sites for hydroxylation is 2. The van der Waals surface area contributed by atoms with E-state index in [2.05, 4.69) is 25.2 Å². The van der Waals surface area contributed by atoms with Gasteiger partial charge in [0.15, 0.2) is 5.65 Å². The summed E-state index contributed by atoms with van der Waals surface area (Å²) in [5, 5.41) is 3.51. The Balaban J connectivity index is 1.30. The van der Waals surface area contributed by atoms with Crippen LogP contribution in [0.5, 0.6) is 0 Å². The Kier molecular flexibility index (Phi) is 6.15. The first-order valence-corrected chi connectivity index (χ1v) is 10.4. The van der Waals surface area contributed by atoms with Gasteiger partial charge in [0.05, 0.1) is 11.4 Å². The number of aromatic nitrogens is 4. The Morgan fingerprint density at radius 1 is 1.13 bits per heavy atom. The fourth-order valence-electron chi connectivity index (χ4n) is 3.86. The minimum atomic E-state index is -0.257. The van der Waals surface area contributed by atoms with E-state index in [9.17, 15) is 9.18 Å². The molecule has 4 heterocycles. The molecule has 4 rings (SSSR count). The molecule has 0 amide bonds. The molecule has 1 N–H and O–H groups in total. The normalized spacial score (nSPS) is 15.7. The maximum Gasteiger partial charge on any atom is 0.252 e. The van der Waals surface area contributed by atoms with Crippen LogP contribution in [0.1, 0.15) is 29.8 Å². The van der Waals surface area contributed by atoms with Gasteiger partial charge in [-0.25, -0.2) is 9.37 Å². The topological polar surface area (TPSA) is 75.9 Å². The number of hydrogen-bond donors (Lipinski definition) is 1. The van der Waals surface area contributed by atoms with Crippen LogP contribution in [0.4, 0.5) is 4.39 Å². The summed E-state index contributed by atoms with van der Waals surface area (Å²) in [6.45, 7) is 7.49. The number of pyridine rings is 2. The van der Waals surface area contributed by atoms with Crippen molar-refractivity contribution in [3.8, 4) is 0 Å². The summed E-state index contributed by atoms with van der Waals surface area (Å²) in [6, 6.07) is 5.24. The molecule has 0 aliphatic carbocycles. The molecule has 3 aromatic rings. The van der Waals surface area contributed by atoms with Crippen LogP contribution < -0.4 is 10.9 Å². The van der Waals surface area contributed by atoms with Gasteiger partial charge in [-0.05, 0) is 57.5 Å². The molecule has 0 bridgehead atoms. The van der Waals surface area contributed by atoms with Crippen molar-refractivity contribution < 1.29 is 4.39 Å². The second-order valence-corrected chi connectivity index (χ2v) is 7.95. The van der Waals surface area contributed by atoms with Crippen LogP contribution in [0.3, 0.4) is 0 Å². The van der Waals surface area contributed by atoms with E-state index in [4.69, 9.17) is 0 Å². The molecule has 0 spiro atoms. The number of fused-ring (bicyclic) bond motifs is 1. The number of rotatable bonds is 6. The van der Waals surface area contributed by atoms with Crippen LogP contribution in [-0.2, 0) is 13.1 Å². The third-order valence-electron chi connectivity index (χ3n) is 5.71. The number of halogens is 1. The highest BCUT2D eigenvalue weighted by Crippen LogP contribution is 2.13. The Morgan fingerprint density at radius 2 is 1.93 bits per heavy atom. The molecule has 3 aromatic heterocycles. The SMILES string of the molecule is Cc1cnc2ccc(=O)n(CCN3CCC(NCc4cnc(C)c(F)c4)CC3)c2n1. The quantitative estimate of drug-likeness (QED) is 0.672. The second kappa shape index (κ2) is 8.97. The summed E-state index contributed by atoms with van der Waals surface area (Å²) >= 11 is 0.